The number of ether oxygens (including phenoxy) is 3. The molecule has 0 amide bonds. The fourth-order valence-corrected chi connectivity index (χ4v) is 2.19. The van der Waals surface area contributed by atoms with E-state index in [1.54, 1.807) is 0 Å². The van der Waals surface area contributed by atoms with Crippen LogP contribution in [0.5, 0.6) is 11.5 Å². The molecule has 0 saturated carbocycles. The molecule has 2 atom stereocenters. The van der Waals surface area contributed by atoms with Crippen molar-refractivity contribution < 1.29 is 14.2 Å². The van der Waals surface area contributed by atoms with E-state index in [9.17, 15) is 0 Å². The quantitative estimate of drug-likeness (QED) is 0.751. The summed E-state index contributed by atoms with van der Waals surface area (Å²) in [6, 6.07) is 17.9. The highest BCUT2D eigenvalue weighted by Gasteiger charge is 2.36. The first-order valence-electron chi connectivity index (χ1n) is 6.93. The second-order valence-electron chi connectivity index (χ2n) is 4.70. The lowest BCUT2D eigenvalue weighted by Crippen LogP contribution is -2.14. The summed E-state index contributed by atoms with van der Waals surface area (Å²) in [6.07, 6.45) is 0.0462. The van der Waals surface area contributed by atoms with Crippen LogP contribution in [-0.4, -0.2) is 19.3 Å². The van der Waals surface area contributed by atoms with E-state index in [2.05, 4.69) is 12.1 Å². The number of rotatable bonds is 6. The van der Waals surface area contributed by atoms with Crippen molar-refractivity contribution in [1.29, 1.82) is 0 Å². The third-order valence-corrected chi connectivity index (χ3v) is 3.23. The summed E-state index contributed by atoms with van der Waals surface area (Å²) in [7, 11) is 0. The van der Waals surface area contributed by atoms with E-state index in [0.29, 0.717) is 6.61 Å². The van der Waals surface area contributed by atoms with E-state index in [0.717, 1.165) is 23.7 Å². The van der Waals surface area contributed by atoms with Crippen molar-refractivity contribution in [3.8, 4) is 11.5 Å². The largest absolute Gasteiger partial charge is 0.490 e. The Bertz CT molecular complexity index is 549. The van der Waals surface area contributed by atoms with Crippen LogP contribution in [0.2, 0.25) is 0 Å². The van der Waals surface area contributed by atoms with Crippen LogP contribution >= 0.6 is 0 Å². The van der Waals surface area contributed by atoms with E-state index in [1.807, 2.05) is 49.4 Å². The van der Waals surface area contributed by atoms with Gasteiger partial charge in [-0.25, -0.2) is 0 Å². The molecule has 1 saturated heterocycles. The highest BCUT2D eigenvalue weighted by atomic mass is 16.6. The van der Waals surface area contributed by atoms with Crippen LogP contribution in [0.3, 0.4) is 0 Å². The van der Waals surface area contributed by atoms with Gasteiger partial charge in [0.25, 0.3) is 0 Å². The van der Waals surface area contributed by atoms with Gasteiger partial charge < -0.3 is 14.2 Å². The zero-order chi connectivity index (χ0) is 13.8. The summed E-state index contributed by atoms with van der Waals surface area (Å²) >= 11 is 0. The normalized spacial score (nSPS) is 18.4. The smallest absolute Gasteiger partial charge is 0.162 e. The lowest BCUT2D eigenvalue weighted by atomic mass is 10.1. The van der Waals surface area contributed by atoms with Crippen molar-refractivity contribution in [2.45, 2.75) is 19.1 Å². The Kier molecular flexibility index (Phi) is 3.88. The van der Waals surface area contributed by atoms with Gasteiger partial charge in [-0.15, -0.1) is 0 Å². The first-order chi connectivity index (χ1) is 9.88. The van der Waals surface area contributed by atoms with Crippen molar-refractivity contribution in [3.05, 3.63) is 60.2 Å². The Morgan fingerprint density at radius 2 is 1.70 bits per heavy atom. The van der Waals surface area contributed by atoms with E-state index in [4.69, 9.17) is 14.2 Å². The minimum absolute atomic E-state index is 0.0854. The third-order valence-electron chi connectivity index (χ3n) is 3.23. The lowest BCUT2D eigenvalue weighted by molar-refractivity contribution is 0.154. The molecule has 1 fully saturated rings. The lowest BCUT2D eigenvalue weighted by Gasteiger charge is -2.19. The van der Waals surface area contributed by atoms with Gasteiger partial charge in [0.05, 0.1) is 13.2 Å². The Morgan fingerprint density at radius 3 is 2.35 bits per heavy atom. The standard InChI is InChI=1S/C17H18O3/c1-2-18-14-10-6-7-11-15(14)20-17(16-12-19-16)13-8-4-3-5-9-13/h3-11,16-17H,2,12H2,1H3/t16-,17-/m1/s1. The molecule has 2 aromatic rings. The van der Waals surface area contributed by atoms with Crippen LogP contribution in [0.1, 0.15) is 18.6 Å². The van der Waals surface area contributed by atoms with Gasteiger partial charge in [-0.05, 0) is 24.6 Å². The van der Waals surface area contributed by atoms with Crippen LogP contribution in [0.15, 0.2) is 54.6 Å². The fraction of sp³-hybridized carbons (Fsp3) is 0.294. The van der Waals surface area contributed by atoms with Gasteiger partial charge in [0.2, 0.25) is 0 Å². The predicted molar refractivity (Wildman–Crippen MR) is 77.2 cm³/mol. The molecule has 3 rings (SSSR count). The molecule has 0 aliphatic carbocycles. The average molecular weight is 270 g/mol. The molecule has 0 bridgehead atoms. The fourth-order valence-electron chi connectivity index (χ4n) is 2.19. The first kappa shape index (κ1) is 13.0. The number of para-hydroxylation sites is 2. The van der Waals surface area contributed by atoms with Crippen LogP contribution in [0.25, 0.3) is 0 Å². The molecule has 1 heterocycles. The monoisotopic (exact) mass is 270 g/mol. The maximum absolute atomic E-state index is 6.16. The molecular formula is C17H18O3. The number of hydrogen-bond donors (Lipinski definition) is 0. The van der Waals surface area contributed by atoms with Crippen molar-refractivity contribution in [3.63, 3.8) is 0 Å². The maximum Gasteiger partial charge on any atom is 0.162 e. The Balaban J connectivity index is 1.84. The van der Waals surface area contributed by atoms with Gasteiger partial charge in [-0.3, -0.25) is 0 Å². The number of epoxide rings is 1. The number of hydrogen-bond acceptors (Lipinski definition) is 3. The van der Waals surface area contributed by atoms with Crippen molar-refractivity contribution in [2.24, 2.45) is 0 Å². The highest BCUT2D eigenvalue weighted by Crippen LogP contribution is 2.36. The predicted octanol–water partition coefficient (Wildman–Crippen LogP) is 3.60. The van der Waals surface area contributed by atoms with Gasteiger partial charge in [-0.1, -0.05) is 42.5 Å². The van der Waals surface area contributed by atoms with Crippen molar-refractivity contribution >= 4 is 0 Å². The Labute approximate surface area is 119 Å². The zero-order valence-electron chi connectivity index (χ0n) is 11.5. The summed E-state index contributed by atoms with van der Waals surface area (Å²) < 4.78 is 17.2. The molecule has 0 aromatic heterocycles. The van der Waals surface area contributed by atoms with Crippen LogP contribution in [0.4, 0.5) is 0 Å². The van der Waals surface area contributed by atoms with Gasteiger partial charge in [0.1, 0.15) is 6.10 Å². The highest BCUT2D eigenvalue weighted by molar-refractivity contribution is 5.40. The second kappa shape index (κ2) is 5.97. The molecule has 1 aliphatic heterocycles. The Hall–Kier alpha value is -2.00. The van der Waals surface area contributed by atoms with Crippen molar-refractivity contribution in [2.75, 3.05) is 13.2 Å². The van der Waals surface area contributed by atoms with Crippen LogP contribution in [0, 0.1) is 0 Å². The molecule has 3 nitrogen and oxygen atoms in total. The van der Waals surface area contributed by atoms with Gasteiger partial charge in [0, 0.05) is 0 Å². The molecule has 0 spiro atoms. The van der Waals surface area contributed by atoms with Crippen LogP contribution in [-0.2, 0) is 4.74 Å². The van der Waals surface area contributed by atoms with Gasteiger partial charge in [0.15, 0.2) is 17.6 Å². The van der Waals surface area contributed by atoms with E-state index < -0.39 is 0 Å². The SMILES string of the molecule is CCOc1ccccc1O[C@H](c1ccccc1)[C@H]1CO1. The molecule has 0 radical (unpaired) electrons. The van der Waals surface area contributed by atoms with Gasteiger partial charge in [-0.2, -0.15) is 0 Å². The average Bonchev–Trinajstić information content (AvgIpc) is 3.32. The van der Waals surface area contributed by atoms with E-state index in [-0.39, 0.29) is 12.2 Å². The Morgan fingerprint density at radius 1 is 1.05 bits per heavy atom. The van der Waals surface area contributed by atoms with Gasteiger partial charge >= 0.3 is 0 Å². The van der Waals surface area contributed by atoms with E-state index in [1.165, 1.54) is 0 Å². The first-order valence-corrected chi connectivity index (χ1v) is 6.93. The van der Waals surface area contributed by atoms with Crippen LogP contribution < -0.4 is 9.47 Å². The third kappa shape index (κ3) is 2.94. The summed E-state index contributed by atoms with van der Waals surface area (Å²) in [5, 5.41) is 0. The second-order valence-corrected chi connectivity index (χ2v) is 4.70. The summed E-state index contributed by atoms with van der Waals surface area (Å²) in [6.45, 7) is 3.34. The summed E-state index contributed by atoms with van der Waals surface area (Å²) in [4.78, 5) is 0. The van der Waals surface area contributed by atoms with Crippen molar-refractivity contribution in [1.82, 2.24) is 0 Å². The molecule has 3 heteroatoms. The molecule has 104 valence electrons. The molecule has 0 unspecified atom stereocenters. The molecule has 20 heavy (non-hydrogen) atoms. The maximum atomic E-state index is 6.16. The zero-order valence-corrected chi connectivity index (χ0v) is 11.5. The minimum Gasteiger partial charge on any atom is -0.490 e. The minimum atomic E-state index is -0.0854. The topological polar surface area (TPSA) is 31.0 Å². The molecule has 2 aromatic carbocycles. The molecule has 1 aliphatic rings. The molecular weight excluding hydrogens is 252 g/mol. The summed E-state index contributed by atoms with van der Waals surface area (Å²) in [5.74, 6) is 1.54. The number of benzene rings is 2. The summed E-state index contributed by atoms with van der Waals surface area (Å²) in [5.41, 5.74) is 1.13. The molecule has 0 N–H and O–H groups in total. The van der Waals surface area contributed by atoms with E-state index >= 15 is 0 Å².